The minimum atomic E-state index is 0.560. The normalized spacial score (nSPS) is 10.3. The van der Waals surface area contributed by atoms with Gasteiger partial charge in [-0.15, -0.1) is 0 Å². The molecule has 0 N–H and O–H groups in total. The number of halogens is 1. The molecule has 0 aliphatic carbocycles. The largest absolute Gasteiger partial charge is 0.384 e. The standard InChI is InChI=1S/C9H12ClNOS/c1-12-4-5-13-7-8-2-3-11-9(10)6-8/h2-3,6H,4-5,7H2,1H3. The van der Waals surface area contributed by atoms with Gasteiger partial charge in [-0.2, -0.15) is 11.8 Å². The average Bonchev–Trinajstić information content (AvgIpc) is 2.13. The van der Waals surface area contributed by atoms with Crippen LogP contribution in [0.25, 0.3) is 0 Å². The van der Waals surface area contributed by atoms with Crippen LogP contribution in [0.1, 0.15) is 5.56 Å². The molecule has 1 aromatic rings. The summed E-state index contributed by atoms with van der Waals surface area (Å²) in [5.74, 6) is 1.97. The molecule has 0 spiro atoms. The van der Waals surface area contributed by atoms with E-state index < -0.39 is 0 Å². The maximum Gasteiger partial charge on any atom is 0.129 e. The predicted molar refractivity (Wildman–Crippen MR) is 57.3 cm³/mol. The summed E-state index contributed by atoms with van der Waals surface area (Å²) in [6.45, 7) is 0.795. The summed E-state index contributed by atoms with van der Waals surface area (Å²) >= 11 is 7.57. The molecule has 0 aromatic carbocycles. The SMILES string of the molecule is COCCSCc1ccnc(Cl)c1. The molecule has 1 rings (SSSR count). The highest BCUT2D eigenvalue weighted by Crippen LogP contribution is 2.14. The first-order valence-electron chi connectivity index (χ1n) is 4.00. The Morgan fingerprint density at radius 1 is 1.62 bits per heavy atom. The molecule has 0 saturated carbocycles. The number of rotatable bonds is 5. The summed E-state index contributed by atoms with van der Waals surface area (Å²) in [4.78, 5) is 3.92. The lowest BCUT2D eigenvalue weighted by molar-refractivity contribution is 0.218. The first kappa shape index (κ1) is 10.8. The second kappa shape index (κ2) is 6.24. The van der Waals surface area contributed by atoms with E-state index in [0.29, 0.717) is 5.15 Å². The lowest BCUT2D eigenvalue weighted by Crippen LogP contribution is -1.92. The van der Waals surface area contributed by atoms with E-state index in [4.69, 9.17) is 16.3 Å². The van der Waals surface area contributed by atoms with Crippen LogP contribution >= 0.6 is 23.4 Å². The van der Waals surface area contributed by atoms with E-state index in [-0.39, 0.29) is 0 Å². The van der Waals surface area contributed by atoms with Crippen molar-refractivity contribution in [2.75, 3.05) is 19.5 Å². The summed E-state index contributed by atoms with van der Waals surface area (Å²) in [6.07, 6.45) is 1.73. The van der Waals surface area contributed by atoms with E-state index in [1.165, 1.54) is 5.56 Å². The van der Waals surface area contributed by atoms with Gasteiger partial charge in [-0.05, 0) is 17.7 Å². The van der Waals surface area contributed by atoms with E-state index in [1.807, 2.05) is 23.9 Å². The molecule has 0 aliphatic rings. The zero-order valence-corrected chi connectivity index (χ0v) is 9.07. The second-order valence-electron chi connectivity index (χ2n) is 2.53. The van der Waals surface area contributed by atoms with Gasteiger partial charge in [0.15, 0.2) is 0 Å². The topological polar surface area (TPSA) is 22.1 Å². The summed E-state index contributed by atoms with van der Waals surface area (Å²) in [5, 5.41) is 0.560. The third kappa shape index (κ3) is 4.50. The molecule has 0 radical (unpaired) electrons. The molecule has 0 fully saturated rings. The Balaban J connectivity index is 2.28. The second-order valence-corrected chi connectivity index (χ2v) is 4.02. The Hall–Kier alpha value is -0.250. The van der Waals surface area contributed by atoms with Crippen molar-refractivity contribution < 1.29 is 4.74 Å². The zero-order chi connectivity index (χ0) is 9.52. The van der Waals surface area contributed by atoms with Crippen LogP contribution in [0.3, 0.4) is 0 Å². The number of hydrogen-bond donors (Lipinski definition) is 0. The van der Waals surface area contributed by atoms with Gasteiger partial charge in [-0.1, -0.05) is 11.6 Å². The Labute approximate surface area is 87.7 Å². The van der Waals surface area contributed by atoms with Crippen molar-refractivity contribution in [3.63, 3.8) is 0 Å². The molecule has 4 heteroatoms. The van der Waals surface area contributed by atoms with E-state index >= 15 is 0 Å². The Bertz CT molecular complexity index is 257. The molecule has 0 atom stereocenters. The Morgan fingerprint density at radius 3 is 3.15 bits per heavy atom. The van der Waals surface area contributed by atoms with Crippen LogP contribution < -0.4 is 0 Å². The molecule has 0 bridgehead atoms. The number of hydrogen-bond acceptors (Lipinski definition) is 3. The first-order chi connectivity index (χ1) is 6.33. The van der Waals surface area contributed by atoms with Gasteiger partial charge >= 0.3 is 0 Å². The van der Waals surface area contributed by atoms with Crippen LogP contribution in [0.15, 0.2) is 18.3 Å². The molecule has 0 aliphatic heterocycles. The quantitative estimate of drug-likeness (QED) is 0.559. The molecule has 1 aromatic heterocycles. The molecule has 72 valence electrons. The zero-order valence-electron chi connectivity index (χ0n) is 7.50. The summed E-state index contributed by atoms with van der Waals surface area (Å²) < 4.78 is 4.94. The van der Waals surface area contributed by atoms with Gasteiger partial charge in [-0.3, -0.25) is 0 Å². The van der Waals surface area contributed by atoms with Crippen LogP contribution in [0.5, 0.6) is 0 Å². The first-order valence-corrected chi connectivity index (χ1v) is 5.53. The van der Waals surface area contributed by atoms with Crippen molar-refractivity contribution in [3.8, 4) is 0 Å². The van der Waals surface area contributed by atoms with Gasteiger partial charge < -0.3 is 4.74 Å². The molecule has 2 nitrogen and oxygen atoms in total. The fourth-order valence-corrected chi connectivity index (χ4v) is 1.91. The highest BCUT2D eigenvalue weighted by atomic mass is 35.5. The smallest absolute Gasteiger partial charge is 0.129 e. The summed E-state index contributed by atoms with van der Waals surface area (Å²) in [7, 11) is 1.71. The summed E-state index contributed by atoms with van der Waals surface area (Å²) in [5.41, 5.74) is 1.21. The molecule has 0 amide bonds. The van der Waals surface area contributed by atoms with Gasteiger partial charge in [0.05, 0.1) is 6.61 Å². The molecular formula is C9H12ClNOS. The molecular weight excluding hydrogens is 206 g/mol. The van der Waals surface area contributed by atoms with Crippen LogP contribution in [0, 0.1) is 0 Å². The van der Waals surface area contributed by atoms with Gasteiger partial charge in [-0.25, -0.2) is 4.98 Å². The third-order valence-electron chi connectivity index (χ3n) is 1.49. The number of aromatic nitrogens is 1. The van der Waals surface area contributed by atoms with E-state index in [2.05, 4.69) is 4.98 Å². The Kier molecular flexibility index (Phi) is 5.20. The van der Waals surface area contributed by atoms with Gasteiger partial charge in [0.25, 0.3) is 0 Å². The van der Waals surface area contributed by atoms with Crippen molar-refractivity contribution >= 4 is 23.4 Å². The predicted octanol–water partition coefficient (Wildman–Crippen LogP) is 2.61. The fourth-order valence-electron chi connectivity index (χ4n) is 0.865. The van der Waals surface area contributed by atoms with E-state index in [0.717, 1.165) is 18.1 Å². The number of thioether (sulfide) groups is 1. The van der Waals surface area contributed by atoms with Gasteiger partial charge in [0, 0.05) is 24.8 Å². The van der Waals surface area contributed by atoms with E-state index in [9.17, 15) is 0 Å². The number of ether oxygens (including phenoxy) is 1. The Morgan fingerprint density at radius 2 is 2.46 bits per heavy atom. The molecule has 0 unspecified atom stereocenters. The van der Waals surface area contributed by atoms with Crippen LogP contribution in [0.4, 0.5) is 0 Å². The maximum atomic E-state index is 5.74. The van der Waals surface area contributed by atoms with Crippen molar-refractivity contribution in [3.05, 3.63) is 29.0 Å². The van der Waals surface area contributed by atoms with Crippen LogP contribution in [-0.4, -0.2) is 24.5 Å². The molecule has 13 heavy (non-hydrogen) atoms. The van der Waals surface area contributed by atoms with Crippen LogP contribution in [-0.2, 0) is 10.5 Å². The van der Waals surface area contributed by atoms with Gasteiger partial charge in [0.1, 0.15) is 5.15 Å². The minimum absolute atomic E-state index is 0.560. The lowest BCUT2D eigenvalue weighted by Gasteiger charge is -2.01. The highest BCUT2D eigenvalue weighted by molar-refractivity contribution is 7.98. The number of pyridine rings is 1. The molecule has 0 saturated heterocycles. The minimum Gasteiger partial charge on any atom is -0.384 e. The number of nitrogens with zero attached hydrogens (tertiary/aromatic N) is 1. The third-order valence-corrected chi connectivity index (χ3v) is 2.69. The lowest BCUT2D eigenvalue weighted by atomic mass is 10.3. The fraction of sp³-hybridized carbons (Fsp3) is 0.444. The van der Waals surface area contributed by atoms with Crippen molar-refractivity contribution in [1.82, 2.24) is 4.98 Å². The van der Waals surface area contributed by atoms with E-state index in [1.54, 1.807) is 13.3 Å². The van der Waals surface area contributed by atoms with Crippen molar-refractivity contribution in [2.45, 2.75) is 5.75 Å². The highest BCUT2D eigenvalue weighted by Gasteiger charge is 1.95. The van der Waals surface area contributed by atoms with Crippen LogP contribution in [0.2, 0.25) is 5.15 Å². The van der Waals surface area contributed by atoms with Crippen molar-refractivity contribution in [1.29, 1.82) is 0 Å². The average molecular weight is 218 g/mol. The monoisotopic (exact) mass is 217 g/mol. The van der Waals surface area contributed by atoms with Gasteiger partial charge in [0.2, 0.25) is 0 Å². The maximum absolute atomic E-state index is 5.74. The molecule has 1 heterocycles. The number of methoxy groups -OCH3 is 1. The summed E-state index contributed by atoms with van der Waals surface area (Å²) in [6, 6.07) is 3.87. The van der Waals surface area contributed by atoms with Crippen molar-refractivity contribution in [2.24, 2.45) is 0 Å².